The molecule has 4 aliphatic rings. The van der Waals surface area contributed by atoms with Crippen LogP contribution in [0.4, 0.5) is 0 Å². The second kappa shape index (κ2) is 9.99. The zero-order valence-electron chi connectivity index (χ0n) is 23.8. The Bertz CT molecular complexity index is 1200. The Labute approximate surface area is 231 Å². The first-order valence-electron chi connectivity index (χ1n) is 13.1. The molecule has 2 fully saturated rings. The van der Waals surface area contributed by atoms with Crippen LogP contribution in [0.2, 0.25) is 0 Å². The number of hydrogen-bond acceptors (Lipinski definition) is 12. The van der Waals surface area contributed by atoms with Gasteiger partial charge in [0, 0.05) is 40.0 Å². The maximum Gasteiger partial charge on any atom is 0.342 e. The summed E-state index contributed by atoms with van der Waals surface area (Å²) in [7, 11) is 0. The normalized spacial score (nSPS) is 41.9. The Hall–Kier alpha value is -3.25. The Kier molecular flexibility index (Phi) is 7.42. The lowest BCUT2D eigenvalue weighted by atomic mass is 9.56. The van der Waals surface area contributed by atoms with Gasteiger partial charge in [0.05, 0.1) is 5.41 Å². The summed E-state index contributed by atoms with van der Waals surface area (Å²) in [5, 5.41) is 11.2. The minimum absolute atomic E-state index is 0.0323. The van der Waals surface area contributed by atoms with Gasteiger partial charge in [-0.3, -0.25) is 19.2 Å². The molecule has 0 aromatic rings. The fraction of sp³-hybridized carbons (Fsp3) is 0.679. The molecular formula is C28H36O12. The first kappa shape index (κ1) is 29.7. The van der Waals surface area contributed by atoms with Crippen LogP contribution in [0.5, 0.6) is 0 Å². The van der Waals surface area contributed by atoms with E-state index in [-0.39, 0.29) is 6.42 Å². The van der Waals surface area contributed by atoms with Crippen LogP contribution >= 0.6 is 0 Å². The fourth-order valence-corrected chi connectivity index (χ4v) is 7.01. The predicted octanol–water partition coefficient (Wildman–Crippen LogP) is 1.46. The quantitative estimate of drug-likeness (QED) is 0.227. The maximum atomic E-state index is 13.1. The summed E-state index contributed by atoms with van der Waals surface area (Å²) >= 11 is 0. The average molecular weight is 565 g/mol. The molecule has 2 saturated heterocycles. The highest BCUT2D eigenvalue weighted by molar-refractivity contribution is 5.89. The number of carbonyl (C=O) groups excluding carboxylic acids is 5. The summed E-state index contributed by atoms with van der Waals surface area (Å²) in [6.45, 7) is 11.3. The van der Waals surface area contributed by atoms with E-state index < -0.39 is 89.0 Å². The van der Waals surface area contributed by atoms with E-state index in [1.165, 1.54) is 26.8 Å². The van der Waals surface area contributed by atoms with E-state index in [1.54, 1.807) is 33.8 Å². The lowest BCUT2D eigenvalue weighted by molar-refractivity contribution is -0.224. The van der Waals surface area contributed by atoms with E-state index in [0.717, 1.165) is 6.92 Å². The van der Waals surface area contributed by atoms with Gasteiger partial charge in [0.25, 0.3) is 0 Å². The van der Waals surface area contributed by atoms with Crippen LogP contribution in [0.15, 0.2) is 23.3 Å². The number of aliphatic hydroxyl groups excluding tert-OH is 1. The lowest BCUT2D eigenvalue weighted by Crippen LogP contribution is -2.66. The standard InChI is InChI=1S/C28H36O12/c1-12-9-19(35-14(3)29)23(37-16(5)31)26(7)21(13(2)11-18(33)22(26)36-15(4)30)24(38-17(6)32)28-20(10-12)39-25(34)27(28,8)40-28/h10-11,18-24,33H,9H2,1-8H3/t18-,19-,20+,21-,22+,23+,24-,26-,27+,28+/m1/s1. The second-order valence-corrected chi connectivity index (χ2v) is 11.5. The molecule has 40 heavy (non-hydrogen) atoms. The SMILES string of the molecule is CC(=O)O[C@@H]1[C@H]2C(C)=C[C@@H](O)[C@H](OC(C)=O)[C@]2(C)[C@@H](OC(C)=O)[C@H](OC(C)=O)CC(C)=C[C@@H]2OC(=O)[C@]3(C)O[C@@]213. The van der Waals surface area contributed by atoms with Gasteiger partial charge in [0.15, 0.2) is 17.3 Å². The van der Waals surface area contributed by atoms with Crippen molar-refractivity contribution in [3.8, 4) is 0 Å². The summed E-state index contributed by atoms with van der Waals surface area (Å²) < 4.78 is 35.1. The van der Waals surface area contributed by atoms with Crippen LogP contribution in [0.3, 0.4) is 0 Å². The third kappa shape index (κ3) is 4.50. The van der Waals surface area contributed by atoms with Crippen molar-refractivity contribution in [1.82, 2.24) is 0 Å². The molecule has 0 aromatic heterocycles. The van der Waals surface area contributed by atoms with Gasteiger partial charge < -0.3 is 33.5 Å². The predicted molar refractivity (Wildman–Crippen MR) is 134 cm³/mol. The number of epoxide rings is 1. The summed E-state index contributed by atoms with van der Waals surface area (Å²) in [5.74, 6) is -4.46. The highest BCUT2D eigenvalue weighted by Gasteiger charge is 2.87. The lowest BCUT2D eigenvalue weighted by Gasteiger charge is -2.54. The number of aliphatic hydroxyl groups is 1. The second-order valence-electron chi connectivity index (χ2n) is 11.5. The Morgan fingerprint density at radius 3 is 1.90 bits per heavy atom. The van der Waals surface area contributed by atoms with Gasteiger partial charge in [-0.25, -0.2) is 4.79 Å². The molecule has 0 saturated carbocycles. The molecule has 2 aliphatic carbocycles. The number of hydrogen-bond donors (Lipinski definition) is 1. The third-order valence-corrected chi connectivity index (χ3v) is 8.47. The molecular weight excluding hydrogens is 528 g/mol. The van der Waals surface area contributed by atoms with Gasteiger partial charge in [-0.15, -0.1) is 0 Å². The summed E-state index contributed by atoms with van der Waals surface area (Å²) in [5.41, 5.74) is -3.48. The number of rotatable bonds is 4. The summed E-state index contributed by atoms with van der Waals surface area (Å²) in [6.07, 6.45) is -4.29. The topological polar surface area (TPSA) is 164 Å². The van der Waals surface area contributed by atoms with E-state index in [9.17, 15) is 29.1 Å². The summed E-state index contributed by atoms with van der Waals surface area (Å²) in [6, 6.07) is 0. The molecule has 220 valence electrons. The number of fused-ring (bicyclic) bond motifs is 1. The molecule has 12 heteroatoms. The Morgan fingerprint density at radius 1 is 0.850 bits per heavy atom. The van der Waals surface area contributed by atoms with Crippen LogP contribution in [-0.2, 0) is 52.4 Å². The van der Waals surface area contributed by atoms with Crippen LogP contribution in [0, 0.1) is 11.3 Å². The minimum atomic E-state index is -1.59. The number of esters is 5. The largest absolute Gasteiger partial charge is 0.459 e. The van der Waals surface area contributed by atoms with Crippen molar-refractivity contribution in [2.75, 3.05) is 0 Å². The van der Waals surface area contributed by atoms with Gasteiger partial charge >= 0.3 is 29.8 Å². The van der Waals surface area contributed by atoms with E-state index in [2.05, 4.69) is 0 Å². The molecule has 0 aromatic carbocycles. The van der Waals surface area contributed by atoms with Crippen molar-refractivity contribution in [2.45, 2.75) is 110 Å². The van der Waals surface area contributed by atoms with Crippen LogP contribution in [0.25, 0.3) is 0 Å². The molecule has 1 N–H and O–H groups in total. The molecule has 0 bridgehead atoms. The zero-order valence-corrected chi connectivity index (χ0v) is 23.8. The van der Waals surface area contributed by atoms with E-state index in [0.29, 0.717) is 11.1 Å². The minimum Gasteiger partial charge on any atom is -0.459 e. The van der Waals surface area contributed by atoms with Crippen molar-refractivity contribution in [3.05, 3.63) is 23.3 Å². The number of carbonyl (C=O) groups is 5. The van der Waals surface area contributed by atoms with Crippen molar-refractivity contribution in [2.24, 2.45) is 11.3 Å². The van der Waals surface area contributed by atoms with Gasteiger partial charge in [-0.05, 0) is 26.8 Å². The van der Waals surface area contributed by atoms with E-state index >= 15 is 0 Å². The van der Waals surface area contributed by atoms with Crippen LogP contribution in [-0.4, -0.2) is 82.8 Å². The smallest absolute Gasteiger partial charge is 0.342 e. The monoisotopic (exact) mass is 564 g/mol. The van der Waals surface area contributed by atoms with E-state index in [4.69, 9.17) is 28.4 Å². The molecule has 0 radical (unpaired) electrons. The van der Waals surface area contributed by atoms with Crippen molar-refractivity contribution in [1.29, 1.82) is 0 Å². The summed E-state index contributed by atoms with van der Waals surface area (Å²) in [4.78, 5) is 62.9. The average Bonchev–Trinajstić information content (AvgIpc) is 3.39. The van der Waals surface area contributed by atoms with Crippen molar-refractivity contribution >= 4 is 29.8 Å². The first-order chi connectivity index (χ1) is 18.5. The highest BCUT2D eigenvalue weighted by atomic mass is 16.7. The Morgan fingerprint density at radius 2 is 1.38 bits per heavy atom. The third-order valence-electron chi connectivity index (χ3n) is 8.47. The highest BCUT2D eigenvalue weighted by Crippen LogP contribution is 2.65. The van der Waals surface area contributed by atoms with E-state index in [1.807, 2.05) is 0 Å². The van der Waals surface area contributed by atoms with Crippen LogP contribution < -0.4 is 0 Å². The molecule has 1 spiro atoms. The van der Waals surface area contributed by atoms with Gasteiger partial charge in [-0.1, -0.05) is 24.1 Å². The Balaban J connectivity index is 2.09. The molecule has 0 unspecified atom stereocenters. The van der Waals surface area contributed by atoms with Gasteiger partial charge in [0.1, 0.15) is 30.5 Å². The molecule has 12 nitrogen and oxygen atoms in total. The van der Waals surface area contributed by atoms with Gasteiger partial charge in [0.2, 0.25) is 0 Å². The van der Waals surface area contributed by atoms with Crippen molar-refractivity contribution in [3.63, 3.8) is 0 Å². The van der Waals surface area contributed by atoms with Crippen molar-refractivity contribution < 1.29 is 57.5 Å². The molecule has 2 aliphatic heterocycles. The molecule has 0 amide bonds. The van der Waals surface area contributed by atoms with Crippen LogP contribution in [0.1, 0.15) is 61.8 Å². The fourth-order valence-electron chi connectivity index (χ4n) is 7.01. The zero-order chi connectivity index (χ0) is 29.9. The molecule has 2 heterocycles. The van der Waals surface area contributed by atoms with Gasteiger partial charge in [-0.2, -0.15) is 0 Å². The first-order valence-corrected chi connectivity index (χ1v) is 13.1. The number of ether oxygens (including phenoxy) is 6. The molecule has 10 atom stereocenters. The molecule has 4 rings (SSSR count). The maximum absolute atomic E-state index is 13.1.